The van der Waals surface area contributed by atoms with Gasteiger partial charge in [-0.25, -0.2) is 0 Å². The molecular formula is C12H24N2. The molecule has 1 aliphatic rings. The van der Waals surface area contributed by atoms with E-state index >= 15 is 0 Å². The molecule has 14 heavy (non-hydrogen) atoms. The van der Waals surface area contributed by atoms with E-state index in [0.29, 0.717) is 0 Å². The number of nitrogens with two attached hydrogens (primary N) is 1. The minimum absolute atomic E-state index is 0.147. The van der Waals surface area contributed by atoms with E-state index < -0.39 is 0 Å². The lowest BCUT2D eigenvalue weighted by Crippen LogP contribution is -2.40. The first-order chi connectivity index (χ1) is 6.70. The van der Waals surface area contributed by atoms with Gasteiger partial charge in [0.05, 0.1) is 0 Å². The predicted octanol–water partition coefficient (Wildman–Crippen LogP) is 2.16. The molecule has 1 fully saturated rings. The predicted molar refractivity (Wildman–Crippen MR) is 62.3 cm³/mol. The number of hydrogen-bond donors (Lipinski definition) is 1. The minimum atomic E-state index is 0.147. The maximum absolute atomic E-state index is 6.31. The van der Waals surface area contributed by atoms with Crippen LogP contribution >= 0.6 is 0 Å². The average Bonchev–Trinajstić information content (AvgIpc) is 2.60. The maximum atomic E-state index is 6.31. The molecule has 1 rings (SSSR count). The van der Waals surface area contributed by atoms with E-state index in [1.807, 2.05) is 6.08 Å². The molecule has 0 radical (unpaired) electrons. The molecule has 0 aliphatic heterocycles. The van der Waals surface area contributed by atoms with E-state index in [4.69, 9.17) is 5.73 Å². The van der Waals surface area contributed by atoms with E-state index in [1.54, 1.807) is 0 Å². The third-order valence-electron chi connectivity index (χ3n) is 3.36. The summed E-state index contributed by atoms with van der Waals surface area (Å²) in [6.45, 7) is 9.18. The van der Waals surface area contributed by atoms with Crippen LogP contribution in [0.5, 0.6) is 0 Å². The summed E-state index contributed by atoms with van der Waals surface area (Å²) in [5.41, 5.74) is 6.45. The van der Waals surface area contributed by atoms with Crippen molar-refractivity contribution in [1.82, 2.24) is 4.90 Å². The van der Waals surface area contributed by atoms with Gasteiger partial charge in [0.25, 0.3) is 0 Å². The largest absolute Gasteiger partial charge is 0.325 e. The molecule has 0 aromatic rings. The van der Waals surface area contributed by atoms with E-state index in [-0.39, 0.29) is 5.54 Å². The average molecular weight is 196 g/mol. The molecular weight excluding hydrogens is 172 g/mol. The SMILES string of the molecule is C=CCN(CC)CCC1(N)CCCC1. The molecule has 0 amide bonds. The monoisotopic (exact) mass is 196 g/mol. The van der Waals surface area contributed by atoms with Gasteiger partial charge in [-0.3, -0.25) is 4.90 Å². The van der Waals surface area contributed by atoms with Crippen LogP contribution in [-0.2, 0) is 0 Å². The second kappa shape index (κ2) is 5.52. The summed E-state index contributed by atoms with van der Waals surface area (Å²) in [5.74, 6) is 0. The number of likely N-dealkylation sites (N-methyl/N-ethyl adjacent to an activating group) is 1. The zero-order valence-electron chi connectivity index (χ0n) is 9.47. The summed E-state index contributed by atoms with van der Waals surface area (Å²) < 4.78 is 0. The van der Waals surface area contributed by atoms with Crippen molar-refractivity contribution in [2.75, 3.05) is 19.6 Å². The number of nitrogens with zero attached hydrogens (tertiary/aromatic N) is 1. The van der Waals surface area contributed by atoms with Crippen molar-refractivity contribution in [1.29, 1.82) is 0 Å². The molecule has 82 valence electrons. The van der Waals surface area contributed by atoms with Crippen molar-refractivity contribution in [3.8, 4) is 0 Å². The quantitative estimate of drug-likeness (QED) is 0.660. The first kappa shape index (κ1) is 11.7. The first-order valence-corrected chi connectivity index (χ1v) is 5.82. The lowest BCUT2D eigenvalue weighted by molar-refractivity contribution is 0.269. The Morgan fingerprint density at radius 2 is 2.07 bits per heavy atom. The molecule has 0 heterocycles. The molecule has 0 bridgehead atoms. The van der Waals surface area contributed by atoms with Gasteiger partial charge in [-0.1, -0.05) is 25.8 Å². The highest BCUT2D eigenvalue weighted by Gasteiger charge is 2.28. The summed E-state index contributed by atoms with van der Waals surface area (Å²) in [5, 5.41) is 0. The van der Waals surface area contributed by atoms with E-state index in [0.717, 1.165) is 26.1 Å². The Kier molecular flexibility index (Phi) is 4.63. The lowest BCUT2D eigenvalue weighted by Gasteiger charge is -2.27. The summed E-state index contributed by atoms with van der Waals surface area (Å²) >= 11 is 0. The normalized spacial score (nSPS) is 20.2. The van der Waals surface area contributed by atoms with Gasteiger partial charge < -0.3 is 5.73 Å². The Hall–Kier alpha value is -0.340. The highest BCUT2D eigenvalue weighted by atomic mass is 15.1. The third kappa shape index (κ3) is 3.43. The van der Waals surface area contributed by atoms with Crippen LogP contribution in [0.25, 0.3) is 0 Å². The van der Waals surface area contributed by atoms with Crippen molar-refractivity contribution in [2.24, 2.45) is 5.73 Å². The van der Waals surface area contributed by atoms with Crippen molar-refractivity contribution in [3.63, 3.8) is 0 Å². The fourth-order valence-corrected chi connectivity index (χ4v) is 2.27. The summed E-state index contributed by atoms with van der Waals surface area (Å²) in [4.78, 5) is 2.40. The van der Waals surface area contributed by atoms with Crippen LogP contribution in [0.3, 0.4) is 0 Å². The minimum Gasteiger partial charge on any atom is -0.325 e. The van der Waals surface area contributed by atoms with Gasteiger partial charge in [-0.05, 0) is 25.8 Å². The van der Waals surface area contributed by atoms with Crippen molar-refractivity contribution < 1.29 is 0 Å². The van der Waals surface area contributed by atoms with Gasteiger partial charge in [0, 0.05) is 18.6 Å². The molecule has 2 N–H and O–H groups in total. The summed E-state index contributed by atoms with van der Waals surface area (Å²) in [7, 11) is 0. The van der Waals surface area contributed by atoms with Crippen LogP contribution < -0.4 is 5.73 Å². The Morgan fingerprint density at radius 1 is 1.43 bits per heavy atom. The second-order valence-electron chi connectivity index (χ2n) is 4.50. The van der Waals surface area contributed by atoms with Crippen molar-refractivity contribution >= 4 is 0 Å². The van der Waals surface area contributed by atoms with Gasteiger partial charge in [0.15, 0.2) is 0 Å². The summed E-state index contributed by atoms with van der Waals surface area (Å²) in [6, 6.07) is 0. The summed E-state index contributed by atoms with van der Waals surface area (Å²) in [6.07, 6.45) is 8.21. The van der Waals surface area contributed by atoms with Crippen LogP contribution in [0.1, 0.15) is 39.0 Å². The number of hydrogen-bond acceptors (Lipinski definition) is 2. The van der Waals surface area contributed by atoms with Crippen LogP contribution in [0, 0.1) is 0 Å². The fourth-order valence-electron chi connectivity index (χ4n) is 2.27. The highest BCUT2D eigenvalue weighted by molar-refractivity contribution is 4.90. The van der Waals surface area contributed by atoms with Gasteiger partial charge in [-0.15, -0.1) is 6.58 Å². The Balaban J connectivity index is 2.26. The van der Waals surface area contributed by atoms with Crippen LogP contribution in [0.4, 0.5) is 0 Å². The highest BCUT2D eigenvalue weighted by Crippen LogP contribution is 2.29. The zero-order chi connectivity index (χ0) is 10.4. The molecule has 2 heteroatoms. The number of rotatable bonds is 6. The molecule has 0 saturated heterocycles. The van der Waals surface area contributed by atoms with Gasteiger partial charge in [0.2, 0.25) is 0 Å². The smallest absolute Gasteiger partial charge is 0.0166 e. The molecule has 0 unspecified atom stereocenters. The molecule has 0 spiro atoms. The lowest BCUT2D eigenvalue weighted by atomic mass is 9.94. The molecule has 2 nitrogen and oxygen atoms in total. The molecule has 0 aromatic heterocycles. The van der Waals surface area contributed by atoms with Gasteiger partial charge in [0.1, 0.15) is 0 Å². The third-order valence-corrected chi connectivity index (χ3v) is 3.36. The van der Waals surface area contributed by atoms with E-state index in [9.17, 15) is 0 Å². The van der Waals surface area contributed by atoms with Crippen LogP contribution in [0.2, 0.25) is 0 Å². The van der Waals surface area contributed by atoms with Crippen LogP contribution in [0.15, 0.2) is 12.7 Å². The van der Waals surface area contributed by atoms with Gasteiger partial charge in [-0.2, -0.15) is 0 Å². The van der Waals surface area contributed by atoms with Gasteiger partial charge >= 0.3 is 0 Å². The van der Waals surface area contributed by atoms with Crippen molar-refractivity contribution in [3.05, 3.63) is 12.7 Å². The topological polar surface area (TPSA) is 29.3 Å². The Labute approximate surface area is 88.2 Å². The van der Waals surface area contributed by atoms with Crippen molar-refractivity contribution in [2.45, 2.75) is 44.6 Å². The Morgan fingerprint density at radius 3 is 2.57 bits per heavy atom. The molecule has 0 atom stereocenters. The molecule has 1 aliphatic carbocycles. The second-order valence-corrected chi connectivity index (χ2v) is 4.50. The first-order valence-electron chi connectivity index (χ1n) is 5.82. The van der Waals surface area contributed by atoms with Crippen LogP contribution in [-0.4, -0.2) is 30.1 Å². The molecule has 1 saturated carbocycles. The standard InChI is InChI=1S/C12H24N2/c1-3-10-14(4-2)11-9-12(13)7-5-6-8-12/h3H,1,4-11,13H2,2H3. The zero-order valence-corrected chi connectivity index (χ0v) is 9.47. The fraction of sp³-hybridized carbons (Fsp3) is 0.833. The molecule has 0 aromatic carbocycles. The Bertz CT molecular complexity index is 171. The maximum Gasteiger partial charge on any atom is 0.0166 e. The van der Waals surface area contributed by atoms with E-state index in [1.165, 1.54) is 25.7 Å². The van der Waals surface area contributed by atoms with E-state index in [2.05, 4.69) is 18.4 Å².